The highest BCUT2D eigenvalue weighted by molar-refractivity contribution is 5.91. The first-order valence-corrected chi connectivity index (χ1v) is 4.97. The Hall–Kier alpha value is -1.98. The van der Waals surface area contributed by atoms with E-state index >= 15 is 0 Å². The van der Waals surface area contributed by atoms with Crippen molar-refractivity contribution in [2.45, 2.75) is 12.6 Å². The standard InChI is InChI=1S/C12H11F3O3/c1-18-10-5-3-2-4-9(10)8(6-11(16)17)7-12(13,14)15/h2-6H,7H2,1H3,(H,16,17)/b8-6+. The fourth-order valence-corrected chi connectivity index (χ4v) is 1.50. The molecule has 0 aromatic heterocycles. The molecule has 0 radical (unpaired) electrons. The van der Waals surface area contributed by atoms with Gasteiger partial charge in [0, 0.05) is 11.6 Å². The molecule has 0 atom stereocenters. The largest absolute Gasteiger partial charge is 0.496 e. The molecule has 0 aliphatic heterocycles. The summed E-state index contributed by atoms with van der Waals surface area (Å²) in [5, 5.41) is 8.62. The van der Waals surface area contributed by atoms with Crippen molar-refractivity contribution in [1.29, 1.82) is 0 Å². The highest BCUT2D eigenvalue weighted by atomic mass is 19.4. The predicted octanol–water partition coefficient (Wildman–Crippen LogP) is 3.12. The molecule has 0 saturated heterocycles. The van der Waals surface area contributed by atoms with E-state index in [9.17, 15) is 18.0 Å². The summed E-state index contributed by atoms with van der Waals surface area (Å²) in [7, 11) is 1.31. The van der Waals surface area contributed by atoms with E-state index in [0.29, 0.717) is 6.08 Å². The molecule has 1 aromatic rings. The van der Waals surface area contributed by atoms with Crippen molar-refractivity contribution >= 4 is 11.5 Å². The van der Waals surface area contributed by atoms with Crippen LogP contribution in [0.4, 0.5) is 13.2 Å². The van der Waals surface area contributed by atoms with Crippen LogP contribution in [-0.4, -0.2) is 24.4 Å². The van der Waals surface area contributed by atoms with E-state index in [2.05, 4.69) is 0 Å². The molecule has 0 aliphatic rings. The lowest BCUT2D eigenvalue weighted by atomic mass is 10.0. The predicted molar refractivity (Wildman–Crippen MR) is 59.3 cm³/mol. The maximum atomic E-state index is 12.4. The zero-order valence-electron chi connectivity index (χ0n) is 9.49. The lowest BCUT2D eigenvalue weighted by molar-refractivity contribution is -0.131. The molecular formula is C12H11F3O3. The van der Waals surface area contributed by atoms with Gasteiger partial charge in [-0.2, -0.15) is 13.2 Å². The fraction of sp³-hybridized carbons (Fsp3) is 0.250. The fourth-order valence-electron chi connectivity index (χ4n) is 1.50. The molecule has 0 spiro atoms. The molecule has 0 saturated carbocycles. The number of carboxylic acid groups (broad SMARTS) is 1. The van der Waals surface area contributed by atoms with Gasteiger partial charge in [-0.15, -0.1) is 0 Å². The zero-order chi connectivity index (χ0) is 13.8. The maximum Gasteiger partial charge on any atom is 0.393 e. The van der Waals surface area contributed by atoms with Gasteiger partial charge in [0.1, 0.15) is 5.75 Å². The van der Waals surface area contributed by atoms with Gasteiger partial charge in [-0.05, 0) is 11.6 Å². The van der Waals surface area contributed by atoms with Gasteiger partial charge in [-0.25, -0.2) is 4.79 Å². The number of hydrogen-bond donors (Lipinski definition) is 1. The Kier molecular flexibility index (Phi) is 4.36. The van der Waals surface area contributed by atoms with Crippen molar-refractivity contribution in [2.75, 3.05) is 7.11 Å². The van der Waals surface area contributed by atoms with Crippen LogP contribution in [0.25, 0.3) is 5.57 Å². The summed E-state index contributed by atoms with van der Waals surface area (Å²) in [5.41, 5.74) is -0.216. The van der Waals surface area contributed by atoms with Gasteiger partial charge in [0.05, 0.1) is 13.5 Å². The summed E-state index contributed by atoms with van der Waals surface area (Å²) < 4.78 is 42.1. The number of hydrogen-bond acceptors (Lipinski definition) is 2. The number of benzene rings is 1. The van der Waals surface area contributed by atoms with Crippen molar-refractivity contribution in [3.8, 4) is 5.75 Å². The third kappa shape index (κ3) is 4.12. The molecule has 18 heavy (non-hydrogen) atoms. The summed E-state index contributed by atoms with van der Waals surface area (Å²) >= 11 is 0. The van der Waals surface area contributed by atoms with Crippen LogP contribution < -0.4 is 4.74 Å². The van der Waals surface area contributed by atoms with Crippen molar-refractivity contribution in [1.82, 2.24) is 0 Å². The summed E-state index contributed by atoms with van der Waals surface area (Å²) in [4.78, 5) is 10.6. The lowest BCUT2D eigenvalue weighted by Crippen LogP contribution is -2.09. The molecule has 0 heterocycles. The molecule has 0 aliphatic carbocycles. The smallest absolute Gasteiger partial charge is 0.393 e. The minimum Gasteiger partial charge on any atom is -0.496 e. The number of methoxy groups -OCH3 is 1. The maximum absolute atomic E-state index is 12.4. The number of para-hydroxylation sites is 1. The first kappa shape index (κ1) is 14.1. The summed E-state index contributed by atoms with van der Waals surface area (Å²) in [6, 6.07) is 5.97. The van der Waals surface area contributed by atoms with E-state index in [4.69, 9.17) is 9.84 Å². The Morgan fingerprint density at radius 3 is 2.50 bits per heavy atom. The van der Waals surface area contributed by atoms with E-state index < -0.39 is 18.6 Å². The minimum atomic E-state index is -4.48. The summed E-state index contributed by atoms with van der Waals surface area (Å²) in [5.74, 6) is -1.23. The van der Waals surface area contributed by atoms with Gasteiger partial charge >= 0.3 is 12.1 Å². The van der Waals surface area contributed by atoms with E-state index in [1.807, 2.05) is 0 Å². The molecule has 0 unspecified atom stereocenters. The van der Waals surface area contributed by atoms with Gasteiger partial charge in [-0.1, -0.05) is 18.2 Å². The molecule has 0 bridgehead atoms. The van der Waals surface area contributed by atoms with Crippen LogP contribution >= 0.6 is 0 Å². The Balaban J connectivity index is 3.22. The number of halogens is 3. The monoisotopic (exact) mass is 260 g/mol. The molecule has 0 amide bonds. The second-order valence-corrected chi connectivity index (χ2v) is 3.50. The Morgan fingerprint density at radius 2 is 2.00 bits per heavy atom. The normalized spacial score (nSPS) is 12.3. The zero-order valence-corrected chi connectivity index (χ0v) is 9.49. The van der Waals surface area contributed by atoms with Crippen molar-refractivity contribution in [3.63, 3.8) is 0 Å². The van der Waals surface area contributed by atoms with Crippen LogP contribution in [0, 0.1) is 0 Å². The second kappa shape index (κ2) is 5.57. The van der Waals surface area contributed by atoms with Gasteiger partial charge in [-0.3, -0.25) is 0 Å². The summed E-state index contributed by atoms with van der Waals surface area (Å²) in [6.45, 7) is 0. The Bertz CT molecular complexity index is 464. The number of alkyl halides is 3. The van der Waals surface area contributed by atoms with Crippen LogP contribution in [0.3, 0.4) is 0 Å². The first-order valence-electron chi connectivity index (χ1n) is 4.97. The molecule has 98 valence electrons. The molecule has 3 nitrogen and oxygen atoms in total. The van der Waals surface area contributed by atoms with Crippen molar-refractivity contribution in [2.24, 2.45) is 0 Å². The topological polar surface area (TPSA) is 46.5 Å². The molecule has 1 N–H and O–H groups in total. The lowest BCUT2D eigenvalue weighted by Gasteiger charge is -2.13. The molecular weight excluding hydrogens is 249 g/mol. The van der Waals surface area contributed by atoms with Gasteiger partial charge in [0.25, 0.3) is 0 Å². The third-order valence-electron chi connectivity index (χ3n) is 2.14. The third-order valence-corrected chi connectivity index (χ3v) is 2.14. The van der Waals surface area contributed by atoms with Gasteiger partial charge < -0.3 is 9.84 Å². The van der Waals surface area contributed by atoms with Crippen LogP contribution in [0.15, 0.2) is 30.3 Å². The van der Waals surface area contributed by atoms with Gasteiger partial charge in [0.15, 0.2) is 0 Å². The number of allylic oxidation sites excluding steroid dienone is 1. The van der Waals surface area contributed by atoms with Gasteiger partial charge in [0.2, 0.25) is 0 Å². The molecule has 0 fully saturated rings. The summed E-state index contributed by atoms with van der Waals surface area (Å²) in [6.07, 6.45) is -5.26. The average molecular weight is 260 g/mol. The highest BCUT2D eigenvalue weighted by Gasteiger charge is 2.30. The van der Waals surface area contributed by atoms with Crippen LogP contribution in [0.2, 0.25) is 0 Å². The van der Waals surface area contributed by atoms with Crippen LogP contribution in [0.1, 0.15) is 12.0 Å². The van der Waals surface area contributed by atoms with E-state index in [0.717, 1.165) is 0 Å². The van der Waals surface area contributed by atoms with E-state index in [1.165, 1.54) is 25.3 Å². The first-order chi connectivity index (χ1) is 8.33. The van der Waals surface area contributed by atoms with E-state index in [-0.39, 0.29) is 16.9 Å². The highest BCUT2D eigenvalue weighted by Crippen LogP contribution is 2.34. The number of rotatable bonds is 4. The number of aliphatic carboxylic acids is 1. The number of carboxylic acids is 1. The minimum absolute atomic E-state index is 0.125. The number of carbonyl (C=O) groups is 1. The molecule has 1 aromatic carbocycles. The number of ether oxygens (including phenoxy) is 1. The van der Waals surface area contributed by atoms with Crippen LogP contribution in [-0.2, 0) is 4.79 Å². The Morgan fingerprint density at radius 1 is 1.39 bits per heavy atom. The van der Waals surface area contributed by atoms with E-state index in [1.54, 1.807) is 6.07 Å². The molecule has 6 heteroatoms. The molecule has 1 rings (SSSR count). The average Bonchev–Trinajstić information content (AvgIpc) is 2.25. The Labute approximate surface area is 101 Å². The SMILES string of the molecule is COc1ccccc1/C(=C/C(=O)O)CC(F)(F)F. The van der Waals surface area contributed by atoms with Crippen molar-refractivity contribution in [3.05, 3.63) is 35.9 Å². The van der Waals surface area contributed by atoms with Crippen molar-refractivity contribution < 1.29 is 27.8 Å². The second-order valence-electron chi connectivity index (χ2n) is 3.50. The quantitative estimate of drug-likeness (QED) is 0.846. The van der Waals surface area contributed by atoms with Crippen LogP contribution in [0.5, 0.6) is 5.75 Å².